The van der Waals surface area contributed by atoms with Gasteiger partial charge in [-0.25, -0.2) is 0 Å². The average molecular weight is 265 g/mol. The molecular weight excluding hydrogens is 251 g/mol. The molecule has 0 atom stereocenters. The van der Waals surface area contributed by atoms with Gasteiger partial charge in [0, 0.05) is 5.69 Å². The van der Waals surface area contributed by atoms with Crippen LogP contribution in [0.25, 0.3) is 0 Å². The molecule has 2 rings (SSSR count). The molecule has 100 valence electrons. The molecule has 0 N–H and O–H groups in total. The number of aryl methyl sites for hydroxylation is 1. The molecule has 0 aliphatic rings. The highest BCUT2D eigenvalue weighted by molar-refractivity contribution is 5.49. The van der Waals surface area contributed by atoms with Gasteiger partial charge in [-0.1, -0.05) is 42.5 Å². The summed E-state index contributed by atoms with van der Waals surface area (Å²) in [6.45, 7) is 1.59. The van der Waals surface area contributed by atoms with Crippen molar-refractivity contribution in [2.45, 2.75) is 19.8 Å². The molecule has 0 saturated carbocycles. The predicted molar refractivity (Wildman–Crippen MR) is 69.9 cm³/mol. The van der Waals surface area contributed by atoms with Gasteiger partial charge in [-0.05, 0) is 30.2 Å². The number of anilines is 1. The number of alkyl halides is 3. The maximum Gasteiger partial charge on any atom is 0.485 e. The van der Waals surface area contributed by atoms with Gasteiger partial charge in [0.2, 0.25) is 0 Å². The Morgan fingerprint density at radius 2 is 1.63 bits per heavy atom. The van der Waals surface area contributed by atoms with Crippen molar-refractivity contribution in [1.82, 2.24) is 0 Å². The van der Waals surface area contributed by atoms with Crippen molar-refractivity contribution in [3.05, 3.63) is 65.7 Å². The molecule has 0 amide bonds. The fourth-order valence-corrected chi connectivity index (χ4v) is 1.89. The number of nitrogens with zero attached hydrogens (tertiary/aromatic N) is 1. The van der Waals surface area contributed by atoms with Crippen LogP contribution < -0.4 is 4.90 Å². The summed E-state index contributed by atoms with van der Waals surface area (Å²) in [6.07, 6.45) is -4.40. The monoisotopic (exact) mass is 265 g/mol. The molecule has 2 aromatic carbocycles. The van der Waals surface area contributed by atoms with Gasteiger partial charge in [0.05, 0.1) is 6.54 Å². The van der Waals surface area contributed by atoms with Crippen LogP contribution in [0.15, 0.2) is 54.6 Å². The van der Waals surface area contributed by atoms with Crippen molar-refractivity contribution in [1.29, 1.82) is 0 Å². The zero-order valence-electron chi connectivity index (χ0n) is 10.5. The predicted octanol–water partition coefficient (Wildman–Crippen LogP) is 4.52. The fraction of sp³-hybridized carbons (Fsp3) is 0.200. The Bertz CT molecular complexity index is 535. The van der Waals surface area contributed by atoms with E-state index < -0.39 is 6.30 Å². The topological polar surface area (TPSA) is 3.24 Å². The lowest BCUT2D eigenvalue weighted by Crippen LogP contribution is -2.37. The Morgan fingerprint density at radius 1 is 0.947 bits per heavy atom. The third-order valence-corrected chi connectivity index (χ3v) is 2.80. The molecule has 4 heteroatoms. The number of halogens is 3. The van der Waals surface area contributed by atoms with Crippen LogP contribution >= 0.6 is 0 Å². The van der Waals surface area contributed by atoms with Gasteiger partial charge in [0.1, 0.15) is 0 Å². The molecule has 0 aromatic heterocycles. The molecule has 1 nitrogen and oxygen atoms in total. The number of rotatable bonds is 3. The maximum absolute atomic E-state index is 13.1. The Morgan fingerprint density at radius 3 is 2.21 bits per heavy atom. The van der Waals surface area contributed by atoms with E-state index in [0.717, 1.165) is 5.56 Å². The third-order valence-electron chi connectivity index (χ3n) is 2.80. The van der Waals surface area contributed by atoms with E-state index in [9.17, 15) is 13.2 Å². The summed E-state index contributed by atoms with van der Waals surface area (Å²) >= 11 is 0. The summed E-state index contributed by atoms with van der Waals surface area (Å²) in [6, 6.07) is 15.1. The number of hydrogen-bond donors (Lipinski definition) is 0. The average Bonchev–Trinajstić information content (AvgIpc) is 2.36. The van der Waals surface area contributed by atoms with E-state index in [1.54, 1.807) is 49.4 Å². The molecule has 0 fully saturated rings. The van der Waals surface area contributed by atoms with Crippen molar-refractivity contribution in [3.63, 3.8) is 0 Å². The molecular formula is C15H14F3N. The summed E-state index contributed by atoms with van der Waals surface area (Å²) in [5.74, 6) is 0. The van der Waals surface area contributed by atoms with E-state index in [1.807, 2.05) is 0 Å². The minimum Gasteiger partial charge on any atom is -0.280 e. The van der Waals surface area contributed by atoms with Gasteiger partial charge in [0.15, 0.2) is 0 Å². The van der Waals surface area contributed by atoms with Gasteiger partial charge in [-0.15, -0.1) is 0 Å². The van der Waals surface area contributed by atoms with E-state index in [1.165, 1.54) is 12.1 Å². The second-order valence-corrected chi connectivity index (χ2v) is 4.38. The lowest BCUT2D eigenvalue weighted by Gasteiger charge is -2.27. The number of hydrogen-bond acceptors (Lipinski definition) is 1. The van der Waals surface area contributed by atoms with Gasteiger partial charge in [0.25, 0.3) is 0 Å². The van der Waals surface area contributed by atoms with Crippen molar-refractivity contribution in [3.8, 4) is 0 Å². The molecule has 0 aliphatic heterocycles. The second kappa shape index (κ2) is 5.34. The zero-order chi connectivity index (χ0) is 13.9. The van der Waals surface area contributed by atoms with Crippen LogP contribution in [0.2, 0.25) is 0 Å². The molecule has 0 unspecified atom stereocenters. The van der Waals surface area contributed by atoms with Gasteiger partial charge in [-0.2, -0.15) is 13.2 Å². The molecule has 0 bridgehead atoms. The fourth-order valence-electron chi connectivity index (χ4n) is 1.89. The smallest absolute Gasteiger partial charge is 0.280 e. The van der Waals surface area contributed by atoms with Crippen LogP contribution in [0.5, 0.6) is 0 Å². The largest absolute Gasteiger partial charge is 0.485 e. The van der Waals surface area contributed by atoms with Gasteiger partial charge < -0.3 is 0 Å². The highest BCUT2D eigenvalue weighted by Crippen LogP contribution is 2.30. The maximum atomic E-state index is 13.1. The zero-order valence-corrected chi connectivity index (χ0v) is 10.5. The normalized spacial score (nSPS) is 11.4. The summed E-state index contributed by atoms with van der Waals surface area (Å²) in [4.78, 5) is 0.454. The highest BCUT2D eigenvalue weighted by atomic mass is 19.4. The molecule has 0 aliphatic carbocycles. The van der Waals surface area contributed by atoms with Gasteiger partial charge >= 0.3 is 6.30 Å². The van der Waals surface area contributed by atoms with Gasteiger partial charge in [-0.3, -0.25) is 4.90 Å². The van der Waals surface area contributed by atoms with Crippen LogP contribution in [0, 0.1) is 6.92 Å². The molecule has 0 heterocycles. The van der Waals surface area contributed by atoms with E-state index in [0.29, 0.717) is 10.5 Å². The lowest BCUT2D eigenvalue weighted by molar-refractivity contribution is -0.130. The quantitative estimate of drug-likeness (QED) is 0.737. The lowest BCUT2D eigenvalue weighted by atomic mass is 10.1. The molecule has 0 saturated heterocycles. The van der Waals surface area contributed by atoms with Crippen molar-refractivity contribution in [2.75, 3.05) is 4.90 Å². The van der Waals surface area contributed by atoms with E-state index in [-0.39, 0.29) is 12.2 Å². The van der Waals surface area contributed by atoms with E-state index in [2.05, 4.69) is 0 Å². The molecule has 2 aromatic rings. The van der Waals surface area contributed by atoms with E-state index >= 15 is 0 Å². The standard InChI is InChI=1S/C15H14F3N/c1-12-6-5-9-14(10-12)19(15(16,17)18)11-13-7-3-2-4-8-13/h2-10H,11H2,1H3. The van der Waals surface area contributed by atoms with Crippen LogP contribution in [-0.4, -0.2) is 6.30 Å². The Kier molecular flexibility index (Phi) is 3.79. The van der Waals surface area contributed by atoms with Crippen molar-refractivity contribution in [2.24, 2.45) is 0 Å². The number of benzene rings is 2. The summed E-state index contributed by atoms with van der Waals surface area (Å²) in [5.41, 5.74) is 1.59. The highest BCUT2D eigenvalue weighted by Gasteiger charge is 2.37. The molecule has 0 radical (unpaired) electrons. The summed E-state index contributed by atoms with van der Waals surface area (Å²) < 4.78 is 39.4. The van der Waals surface area contributed by atoms with Crippen molar-refractivity contribution >= 4 is 5.69 Å². The Labute approximate surface area is 110 Å². The first kappa shape index (κ1) is 13.5. The summed E-state index contributed by atoms with van der Waals surface area (Å²) in [7, 11) is 0. The molecule has 0 spiro atoms. The second-order valence-electron chi connectivity index (χ2n) is 4.38. The summed E-state index contributed by atoms with van der Waals surface area (Å²) in [5, 5.41) is 0. The van der Waals surface area contributed by atoms with Crippen molar-refractivity contribution < 1.29 is 13.2 Å². The van der Waals surface area contributed by atoms with Crippen LogP contribution in [0.3, 0.4) is 0 Å². The first-order valence-corrected chi connectivity index (χ1v) is 5.92. The van der Waals surface area contributed by atoms with E-state index in [4.69, 9.17) is 0 Å². The SMILES string of the molecule is Cc1cccc(N(Cc2ccccc2)C(F)(F)F)c1. The minimum atomic E-state index is -4.40. The first-order chi connectivity index (χ1) is 8.97. The van der Waals surface area contributed by atoms with Crippen LogP contribution in [-0.2, 0) is 6.54 Å². The third kappa shape index (κ3) is 3.50. The van der Waals surface area contributed by atoms with Crippen LogP contribution in [0.1, 0.15) is 11.1 Å². The first-order valence-electron chi connectivity index (χ1n) is 5.92. The minimum absolute atomic E-state index is 0.163. The van der Waals surface area contributed by atoms with Crippen LogP contribution in [0.4, 0.5) is 18.9 Å². The molecule has 19 heavy (non-hydrogen) atoms. The Hall–Kier alpha value is -1.97. The Balaban J connectivity index is 2.32.